The Morgan fingerprint density at radius 1 is 1.10 bits per heavy atom. The summed E-state index contributed by atoms with van der Waals surface area (Å²) in [6, 6.07) is 8.70. The summed E-state index contributed by atoms with van der Waals surface area (Å²) >= 11 is 0. The molecule has 0 radical (unpaired) electrons. The van der Waals surface area contributed by atoms with Gasteiger partial charge in [-0.15, -0.1) is 0 Å². The van der Waals surface area contributed by atoms with E-state index in [-0.39, 0.29) is 29.9 Å². The van der Waals surface area contributed by atoms with Gasteiger partial charge in [-0.2, -0.15) is 0 Å². The highest BCUT2D eigenvalue weighted by Crippen LogP contribution is 2.48. The van der Waals surface area contributed by atoms with E-state index >= 15 is 0 Å². The number of esters is 1. The summed E-state index contributed by atoms with van der Waals surface area (Å²) in [7, 11) is 3.14. The van der Waals surface area contributed by atoms with Gasteiger partial charge in [-0.1, -0.05) is 13.8 Å². The Kier molecular flexibility index (Phi) is 5.24. The van der Waals surface area contributed by atoms with Crippen LogP contribution in [0.25, 0.3) is 6.08 Å². The van der Waals surface area contributed by atoms with Crippen molar-refractivity contribution in [1.29, 1.82) is 0 Å². The minimum Gasteiger partial charge on any atom is -0.497 e. The molecule has 0 N–H and O–H groups in total. The van der Waals surface area contributed by atoms with E-state index in [0.717, 1.165) is 12.0 Å². The molecule has 1 unspecified atom stereocenters. The first kappa shape index (κ1) is 20.0. The van der Waals surface area contributed by atoms with Crippen LogP contribution in [0.1, 0.15) is 54.1 Å². The molecule has 2 aromatic rings. The van der Waals surface area contributed by atoms with E-state index in [4.69, 9.17) is 18.9 Å². The first-order chi connectivity index (χ1) is 14.4. The maximum Gasteiger partial charge on any atom is 0.311 e. The quantitative estimate of drug-likeness (QED) is 0.404. The smallest absolute Gasteiger partial charge is 0.311 e. The number of ether oxygens (including phenoxy) is 4. The van der Waals surface area contributed by atoms with Gasteiger partial charge in [-0.25, -0.2) is 0 Å². The molecule has 0 aliphatic carbocycles. The van der Waals surface area contributed by atoms with Gasteiger partial charge in [-0.05, 0) is 42.7 Å². The number of ketones is 1. The second-order valence-electron chi connectivity index (χ2n) is 7.91. The molecule has 0 aromatic heterocycles. The van der Waals surface area contributed by atoms with Crippen molar-refractivity contribution >= 4 is 17.8 Å². The zero-order valence-electron chi connectivity index (χ0n) is 17.5. The second-order valence-corrected chi connectivity index (χ2v) is 7.91. The van der Waals surface area contributed by atoms with Crippen LogP contribution in [-0.2, 0) is 4.79 Å². The van der Waals surface area contributed by atoms with Gasteiger partial charge in [0.1, 0.15) is 23.0 Å². The maximum absolute atomic E-state index is 13.0. The lowest BCUT2D eigenvalue weighted by Crippen LogP contribution is -2.21. The minimum absolute atomic E-state index is 0.0427. The average molecular weight is 408 g/mol. The number of Topliss-reactive ketones (excluding diaryl/α,β-unsaturated/α-hetero) is 1. The molecule has 2 aromatic carbocycles. The maximum atomic E-state index is 13.0. The molecular weight excluding hydrogens is 384 g/mol. The Morgan fingerprint density at radius 2 is 1.90 bits per heavy atom. The summed E-state index contributed by atoms with van der Waals surface area (Å²) in [5, 5.41) is 0. The molecular formula is C24H24O6. The van der Waals surface area contributed by atoms with Crippen LogP contribution < -0.4 is 18.9 Å². The Balaban J connectivity index is 1.75. The molecule has 2 aliphatic rings. The highest BCUT2D eigenvalue weighted by atomic mass is 16.5. The van der Waals surface area contributed by atoms with E-state index in [0.29, 0.717) is 40.0 Å². The molecule has 0 bridgehead atoms. The third-order valence-electron chi connectivity index (χ3n) is 5.36. The number of carbonyl (C=O) groups is 2. The van der Waals surface area contributed by atoms with E-state index in [9.17, 15) is 9.59 Å². The first-order valence-electron chi connectivity index (χ1n) is 9.95. The molecule has 156 valence electrons. The molecule has 2 heterocycles. The van der Waals surface area contributed by atoms with E-state index in [1.54, 1.807) is 44.6 Å². The van der Waals surface area contributed by atoms with Crippen LogP contribution >= 0.6 is 0 Å². The highest BCUT2D eigenvalue weighted by molar-refractivity contribution is 6.15. The van der Waals surface area contributed by atoms with Crippen molar-refractivity contribution in [1.82, 2.24) is 0 Å². The Hall–Kier alpha value is -3.28. The summed E-state index contributed by atoms with van der Waals surface area (Å²) in [6.45, 7) is 4.21. The van der Waals surface area contributed by atoms with E-state index in [2.05, 4.69) is 13.8 Å². The fraction of sp³-hybridized carbons (Fsp3) is 0.333. The Morgan fingerprint density at radius 3 is 2.60 bits per heavy atom. The number of rotatable bonds is 5. The van der Waals surface area contributed by atoms with Crippen LogP contribution in [0.5, 0.6) is 23.0 Å². The first-order valence-corrected chi connectivity index (χ1v) is 9.95. The van der Waals surface area contributed by atoms with Crippen molar-refractivity contribution in [3.8, 4) is 23.0 Å². The van der Waals surface area contributed by atoms with Gasteiger partial charge in [-0.3, -0.25) is 9.59 Å². The van der Waals surface area contributed by atoms with Crippen molar-refractivity contribution in [2.24, 2.45) is 5.92 Å². The fourth-order valence-electron chi connectivity index (χ4n) is 4.05. The Bertz CT molecular complexity index is 1050. The van der Waals surface area contributed by atoms with Crippen molar-refractivity contribution in [2.75, 3.05) is 14.2 Å². The van der Waals surface area contributed by atoms with E-state index in [1.807, 2.05) is 6.07 Å². The van der Waals surface area contributed by atoms with Crippen LogP contribution in [0.4, 0.5) is 0 Å². The van der Waals surface area contributed by atoms with E-state index < -0.39 is 0 Å². The zero-order chi connectivity index (χ0) is 21.4. The predicted molar refractivity (Wildman–Crippen MR) is 111 cm³/mol. The number of carbonyl (C=O) groups excluding carboxylic acids is 2. The van der Waals surface area contributed by atoms with Crippen LogP contribution in [0.3, 0.4) is 0 Å². The molecule has 2 aliphatic heterocycles. The second kappa shape index (κ2) is 7.86. The van der Waals surface area contributed by atoms with Crippen LogP contribution in [0, 0.1) is 5.92 Å². The fourth-order valence-corrected chi connectivity index (χ4v) is 4.05. The van der Waals surface area contributed by atoms with Crippen molar-refractivity contribution < 1.29 is 28.5 Å². The van der Waals surface area contributed by atoms with Crippen molar-refractivity contribution in [3.63, 3.8) is 0 Å². The lowest BCUT2D eigenvalue weighted by Gasteiger charge is -2.27. The monoisotopic (exact) mass is 408 g/mol. The van der Waals surface area contributed by atoms with Gasteiger partial charge in [0.2, 0.25) is 5.78 Å². The minimum atomic E-state index is -0.254. The molecule has 6 heteroatoms. The van der Waals surface area contributed by atoms with Crippen LogP contribution in [0.2, 0.25) is 0 Å². The average Bonchev–Trinajstić information content (AvgIpc) is 3.03. The highest BCUT2D eigenvalue weighted by Gasteiger charge is 2.38. The number of hydrogen-bond acceptors (Lipinski definition) is 6. The Labute approximate surface area is 175 Å². The van der Waals surface area contributed by atoms with Gasteiger partial charge >= 0.3 is 5.97 Å². The molecule has 0 saturated carbocycles. The molecule has 30 heavy (non-hydrogen) atoms. The number of benzene rings is 2. The number of methoxy groups -OCH3 is 2. The zero-order valence-corrected chi connectivity index (χ0v) is 17.5. The molecule has 0 fully saturated rings. The molecule has 4 rings (SSSR count). The lowest BCUT2D eigenvalue weighted by molar-refractivity contribution is -0.136. The van der Waals surface area contributed by atoms with E-state index in [1.165, 1.54) is 0 Å². The molecule has 0 saturated heterocycles. The number of allylic oxidation sites excluding steroid dienone is 1. The summed E-state index contributed by atoms with van der Waals surface area (Å²) in [4.78, 5) is 25.1. The predicted octanol–water partition coefficient (Wildman–Crippen LogP) is 4.76. The van der Waals surface area contributed by atoms with Crippen LogP contribution in [0.15, 0.2) is 36.1 Å². The van der Waals surface area contributed by atoms with Gasteiger partial charge < -0.3 is 18.9 Å². The molecule has 6 nitrogen and oxygen atoms in total. The van der Waals surface area contributed by atoms with Gasteiger partial charge in [0.05, 0.1) is 26.2 Å². The lowest BCUT2D eigenvalue weighted by atomic mass is 9.84. The van der Waals surface area contributed by atoms with Gasteiger partial charge in [0.15, 0.2) is 5.76 Å². The van der Waals surface area contributed by atoms with Crippen LogP contribution in [-0.4, -0.2) is 26.0 Å². The van der Waals surface area contributed by atoms with Crippen molar-refractivity contribution in [3.05, 3.63) is 52.8 Å². The molecule has 0 spiro atoms. The molecule has 0 amide bonds. The van der Waals surface area contributed by atoms with Gasteiger partial charge in [0, 0.05) is 23.1 Å². The summed E-state index contributed by atoms with van der Waals surface area (Å²) < 4.78 is 22.1. The summed E-state index contributed by atoms with van der Waals surface area (Å²) in [6.07, 6.45) is 2.76. The van der Waals surface area contributed by atoms with Gasteiger partial charge in [0.25, 0.3) is 0 Å². The van der Waals surface area contributed by atoms with Crippen molar-refractivity contribution in [2.45, 2.75) is 32.6 Å². The SMILES string of the molecule is COc1ccc(C=C2Oc3c(ccc4c3C(CC(C)C)CC(=O)O4)C2=O)c(OC)c1. The standard InChI is InChI=1S/C24H24O6/c1-13(2)9-15-11-21(25)29-18-8-7-17-23(26)20(30-24(17)22(15)18)10-14-5-6-16(27-3)12-19(14)28-4/h5-8,10,12-13,15H,9,11H2,1-4H3. The summed E-state index contributed by atoms with van der Waals surface area (Å²) in [5.74, 6) is 2.30. The third-order valence-corrected chi connectivity index (χ3v) is 5.36. The molecule has 1 atom stereocenters. The normalized spacial score (nSPS) is 18.7. The summed E-state index contributed by atoms with van der Waals surface area (Å²) in [5.41, 5.74) is 1.99. The largest absolute Gasteiger partial charge is 0.497 e. The number of hydrogen-bond donors (Lipinski definition) is 0. The topological polar surface area (TPSA) is 71.1 Å². The number of fused-ring (bicyclic) bond motifs is 3. The third kappa shape index (κ3) is 3.54.